The predicted molar refractivity (Wildman–Crippen MR) is 120 cm³/mol. The van der Waals surface area contributed by atoms with Gasteiger partial charge in [-0.3, -0.25) is 4.98 Å². The molecule has 0 amide bonds. The second-order valence-electron chi connectivity index (χ2n) is 7.97. The van der Waals surface area contributed by atoms with Gasteiger partial charge in [0.05, 0.1) is 11.0 Å². The Kier molecular flexibility index (Phi) is 3.57. The first kappa shape index (κ1) is 16.5. The third kappa shape index (κ3) is 2.51. The van der Waals surface area contributed by atoms with Gasteiger partial charge in [0.1, 0.15) is 5.82 Å². The van der Waals surface area contributed by atoms with E-state index >= 15 is 0 Å². The summed E-state index contributed by atoms with van der Waals surface area (Å²) in [5.41, 5.74) is 12.2. The molecule has 2 N–H and O–H groups in total. The number of rotatable bonds is 1. The van der Waals surface area contributed by atoms with Crippen molar-refractivity contribution >= 4 is 38.4 Å². The van der Waals surface area contributed by atoms with Gasteiger partial charge in [0.2, 0.25) is 0 Å². The molecule has 3 heteroatoms. The van der Waals surface area contributed by atoms with E-state index in [1.165, 1.54) is 32.7 Å². The predicted octanol–water partition coefficient (Wildman–Crippen LogP) is 5.99. The molecule has 0 bridgehead atoms. The maximum absolute atomic E-state index is 6.47. The Bertz CT molecular complexity index is 1400. The Hall–Kier alpha value is -3.46. The molecule has 0 aliphatic heterocycles. The highest BCUT2D eigenvalue weighted by Crippen LogP contribution is 2.43. The number of anilines is 1. The van der Waals surface area contributed by atoms with Gasteiger partial charge in [-0.2, -0.15) is 0 Å². The summed E-state index contributed by atoms with van der Waals surface area (Å²) in [4.78, 5) is 9.19. The van der Waals surface area contributed by atoms with Crippen LogP contribution in [0.15, 0.2) is 72.9 Å². The summed E-state index contributed by atoms with van der Waals surface area (Å²) in [6.07, 6.45) is 5.19. The van der Waals surface area contributed by atoms with Gasteiger partial charge in [0.25, 0.3) is 0 Å². The summed E-state index contributed by atoms with van der Waals surface area (Å²) < 4.78 is 0. The maximum Gasteiger partial charge on any atom is 0.128 e. The van der Waals surface area contributed by atoms with Gasteiger partial charge in [0, 0.05) is 17.7 Å². The highest BCUT2D eigenvalue weighted by Gasteiger charge is 2.26. The third-order valence-corrected chi connectivity index (χ3v) is 6.37. The third-order valence-electron chi connectivity index (χ3n) is 6.37. The van der Waals surface area contributed by atoms with Gasteiger partial charge in [-0.1, -0.05) is 48.5 Å². The van der Waals surface area contributed by atoms with Crippen LogP contribution in [-0.4, -0.2) is 9.97 Å². The Morgan fingerprint density at radius 1 is 0.828 bits per heavy atom. The van der Waals surface area contributed by atoms with E-state index in [0.29, 0.717) is 5.82 Å². The molecule has 0 saturated heterocycles. The molecule has 1 aliphatic rings. The van der Waals surface area contributed by atoms with Crippen LogP contribution in [0.1, 0.15) is 35.4 Å². The highest BCUT2D eigenvalue weighted by atomic mass is 14.9. The minimum Gasteiger partial charge on any atom is -0.383 e. The van der Waals surface area contributed by atoms with Crippen molar-refractivity contribution in [3.63, 3.8) is 0 Å². The lowest BCUT2D eigenvalue weighted by Gasteiger charge is -2.28. The molecule has 0 saturated carbocycles. The molecule has 6 rings (SSSR count). The molecule has 0 fully saturated rings. The minimum atomic E-state index is 0.252. The van der Waals surface area contributed by atoms with Gasteiger partial charge < -0.3 is 5.73 Å². The number of hydrogen-bond donors (Lipinski definition) is 1. The number of hydrogen-bond acceptors (Lipinski definition) is 3. The standard InChI is InChI=1S/C26H21N3/c27-26-22(15-24-23(29-26)9-4-14-28-24)20-8-3-6-17-11-12-19-18-7-2-1-5-16(18)10-13-21(19)25(17)20/h1-2,4-5,7,9-15,20H,3,6,8H2,(H2,27,29). The van der Waals surface area contributed by atoms with Crippen LogP contribution in [0.3, 0.4) is 0 Å². The molecule has 2 heterocycles. The van der Waals surface area contributed by atoms with E-state index in [1.54, 1.807) is 0 Å². The summed E-state index contributed by atoms with van der Waals surface area (Å²) >= 11 is 0. The Labute approximate surface area is 169 Å². The fraction of sp³-hybridized carbons (Fsp3) is 0.154. The molecule has 29 heavy (non-hydrogen) atoms. The highest BCUT2D eigenvalue weighted by molar-refractivity contribution is 6.09. The van der Waals surface area contributed by atoms with Crippen LogP contribution in [0.25, 0.3) is 32.6 Å². The van der Waals surface area contributed by atoms with E-state index in [1.807, 2.05) is 18.3 Å². The van der Waals surface area contributed by atoms with Gasteiger partial charge in [0.15, 0.2) is 0 Å². The molecular formula is C26H21N3. The molecule has 3 aromatic carbocycles. The number of fused-ring (bicyclic) bond motifs is 6. The normalized spacial score (nSPS) is 16.3. The maximum atomic E-state index is 6.47. The fourth-order valence-corrected chi connectivity index (χ4v) is 5.05. The summed E-state index contributed by atoms with van der Waals surface area (Å²) in [7, 11) is 0. The van der Waals surface area contributed by atoms with E-state index in [-0.39, 0.29) is 5.92 Å². The van der Waals surface area contributed by atoms with Crippen molar-refractivity contribution in [1.82, 2.24) is 9.97 Å². The zero-order valence-electron chi connectivity index (χ0n) is 16.1. The van der Waals surface area contributed by atoms with Crippen LogP contribution in [0.5, 0.6) is 0 Å². The van der Waals surface area contributed by atoms with Crippen molar-refractivity contribution in [3.8, 4) is 0 Å². The number of aromatic nitrogens is 2. The average Bonchev–Trinajstić information content (AvgIpc) is 2.77. The molecule has 0 radical (unpaired) electrons. The first-order chi connectivity index (χ1) is 14.3. The van der Waals surface area contributed by atoms with Gasteiger partial charge in [-0.25, -0.2) is 4.98 Å². The Morgan fingerprint density at radius 3 is 2.69 bits per heavy atom. The lowest BCUT2D eigenvalue weighted by molar-refractivity contribution is 0.621. The topological polar surface area (TPSA) is 51.8 Å². The first-order valence-corrected chi connectivity index (χ1v) is 10.2. The molecule has 1 aliphatic carbocycles. The van der Waals surface area contributed by atoms with Crippen molar-refractivity contribution in [2.45, 2.75) is 25.2 Å². The largest absolute Gasteiger partial charge is 0.383 e. The number of nitrogens with zero attached hydrogens (tertiary/aromatic N) is 2. The zero-order valence-corrected chi connectivity index (χ0v) is 16.1. The quantitative estimate of drug-likeness (QED) is 0.366. The molecule has 140 valence electrons. The fourth-order valence-electron chi connectivity index (χ4n) is 5.05. The SMILES string of the molecule is Nc1nc2cccnc2cc1C1CCCc2ccc3c(ccc4ccccc43)c21. The van der Waals surface area contributed by atoms with Crippen LogP contribution < -0.4 is 5.73 Å². The number of nitrogen functional groups attached to an aromatic ring is 1. The molecule has 2 aromatic heterocycles. The number of aryl methyl sites for hydroxylation is 1. The number of nitrogens with two attached hydrogens (primary N) is 1. The van der Waals surface area contributed by atoms with Crippen LogP contribution >= 0.6 is 0 Å². The molecular weight excluding hydrogens is 354 g/mol. The van der Waals surface area contributed by atoms with E-state index in [4.69, 9.17) is 5.73 Å². The van der Waals surface area contributed by atoms with E-state index in [0.717, 1.165) is 35.9 Å². The summed E-state index contributed by atoms with van der Waals surface area (Å²) in [5.74, 6) is 0.878. The second kappa shape index (κ2) is 6.28. The summed E-state index contributed by atoms with van der Waals surface area (Å²) in [6.45, 7) is 0. The lowest BCUT2D eigenvalue weighted by atomic mass is 9.76. The smallest absolute Gasteiger partial charge is 0.128 e. The van der Waals surface area contributed by atoms with Crippen LogP contribution in [0.4, 0.5) is 5.82 Å². The Morgan fingerprint density at radius 2 is 1.72 bits per heavy atom. The molecule has 3 nitrogen and oxygen atoms in total. The van der Waals surface area contributed by atoms with Crippen molar-refractivity contribution < 1.29 is 0 Å². The number of benzene rings is 3. The van der Waals surface area contributed by atoms with Crippen molar-refractivity contribution in [2.24, 2.45) is 0 Å². The van der Waals surface area contributed by atoms with Gasteiger partial charge in [-0.15, -0.1) is 0 Å². The van der Waals surface area contributed by atoms with Crippen LogP contribution in [0, 0.1) is 0 Å². The average molecular weight is 375 g/mol. The summed E-state index contributed by atoms with van der Waals surface area (Å²) in [5, 5.41) is 5.25. The van der Waals surface area contributed by atoms with E-state index in [9.17, 15) is 0 Å². The van der Waals surface area contributed by atoms with Crippen molar-refractivity contribution in [2.75, 3.05) is 5.73 Å². The van der Waals surface area contributed by atoms with Crippen molar-refractivity contribution in [1.29, 1.82) is 0 Å². The van der Waals surface area contributed by atoms with E-state index < -0.39 is 0 Å². The van der Waals surface area contributed by atoms with Gasteiger partial charge >= 0.3 is 0 Å². The molecule has 1 unspecified atom stereocenters. The van der Waals surface area contributed by atoms with Gasteiger partial charge in [-0.05, 0) is 70.1 Å². The van der Waals surface area contributed by atoms with Crippen molar-refractivity contribution in [3.05, 3.63) is 89.6 Å². The minimum absolute atomic E-state index is 0.252. The second-order valence-corrected chi connectivity index (χ2v) is 7.97. The summed E-state index contributed by atoms with van der Waals surface area (Å²) in [6, 6.07) is 23.8. The number of pyridine rings is 2. The molecule has 0 spiro atoms. The first-order valence-electron chi connectivity index (χ1n) is 10.2. The van der Waals surface area contributed by atoms with Crippen LogP contribution in [0.2, 0.25) is 0 Å². The van der Waals surface area contributed by atoms with Crippen LogP contribution in [-0.2, 0) is 6.42 Å². The molecule has 1 atom stereocenters. The lowest BCUT2D eigenvalue weighted by Crippen LogP contribution is -2.14. The zero-order chi connectivity index (χ0) is 19.4. The van der Waals surface area contributed by atoms with E-state index in [2.05, 4.69) is 64.6 Å². The monoisotopic (exact) mass is 375 g/mol. The Balaban J connectivity index is 1.64. The molecule has 5 aromatic rings.